The largest absolute Gasteiger partial charge is 0.381 e. The molecule has 1 aromatic heterocycles. The molecule has 2 aliphatic rings. The Morgan fingerprint density at radius 2 is 2.24 bits per heavy atom. The predicted octanol–water partition coefficient (Wildman–Crippen LogP) is 2.77. The van der Waals surface area contributed by atoms with Crippen molar-refractivity contribution in [3.8, 4) is 0 Å². The maximum absolute atomic E-state index is 5.91. The summed E-state index contributed by atoms with van der Waals surface area (Å²) in [6, 6.07) is 5.20. The third-order valence-corrected chi connectivity index (χ3v) is 4.14. The lowest BCUT2D eigenvalue weighted by Gasteiger charge is -2.32. The third-order valence-electron chi connectivity index (χ3n) is 3.93. The summed E-state index contributed by atoms with van der Waals surface area (Å²) < 4.78 is 0. The molecule has 1 aromatic rings. The molecular weight excluding hydrogens is 234 g/mol. The molecule has 2 unspecified atom stereocenters. The monoisotopic (exact) mass is 251 g/mol. The van der Waals surface area contributed by atoms with Gasteiger partial charge in [0.2, 0.25) is 0 Å². The van der Waals surface area contributed by atoms with Gasteiger partial charge in [0.25, 0.3) is 0 Å². The van der Waals surface area contributed by atoms with Crippen LogP contribution in [0.4, 0.5) is 5.69 Å². The molecule has 17 heavy (non-hydrogen) atoms. The van der Waals surface area contributed by atoms with Gasteiger partial charge in [-0.25, -0.2) is 4.98 Å². The highest BCUT2D eigenvalue weighted by atomic mass is 35.5. The molecule has 0 spiro atoms. The minimum atomic E-state index is 0.563. The van der Waals surface area contributed by atoms with Crippen LogP contribution in [0.3, 0.4) is 0 Å². The molecule has 2 aliphatic heterocycles. The molecule has 3 nitrogen and oxygen atoms in total. The number of hydrogen-bond donors (Lipinski definition) is 1. The van der Waals surface area contributed by atoms with E-state index in [9.17, 15) is 0 Å². The smallest absolute Gasteiger partial charge is 0.131 e. The summed E-state index contributed by atoms with van der Waals surface area (Å²) >= 11 is 5.91. The van der Waals surface area contributed by atoms with Gasteiger partial charge in [-0.05, 0) is 37.9 Å². The molecule has 2 saturated heterocycles. The molecular formula is C13H18ClN3. The average molecular weight is 252 g/mol. The second-order valence-corrected chi connectivity index (χ2v) is 5.39. The number of anilines is 1. The van der Waals surface area contributed by atoms with Gasteiger partial charge in [-0.3, -0.25) is 4.90 Å². The number of hydrogen-bond acceptors (Lipinski definition) is 3. The second-order valence-electron chi connectivity index (χ2n) is 5.01. The molecule has 3 heterocycles. The number of nitrogens with zero attached hydrogens (tertiary/aromatic N) is 2. The van der Waals surface area contributed by atoms with E-state index in [-0.39, 0.29) is 0 Å². The van der Waals surface area contributed by atoms with Gasteiger partial charge in [0, 0.05) is 30.5 Å². The highest BCUT2D eigenvalue weighted by molar-refractivity contribution is 6.29. The van der Waals surface area contributed by atoms with Crippen LogP contribution < -0.4 is 5.32 Å². The number of fused-ring (bicyclic) bond motifs is 1. The van der Waals surface area contributed by atoms with Crippen LogP contribution in [-0.2, 0) is 0 Å². The fourth-order valence-electron chi connectivity index (χ4n) is 3.12. The number of nitrogens with one attached hydrogen (secondary N) is 1. The quantitative estimate of drug-likeness (QED) is 0.820. The standard InChI is InChI=1S/C13H18ClN3/c14-13-9-10(4-6-15-13)16-11-5-8-17-7-2-1-3-12(11)17/h4,6,9,11-12H,1-3,5,7-8H2,(H,15,16). The Morgan fingerprint density at radius 3 is 3.12 bits per heavy atom. The van der Waals surface area contributed by atoms with E-state index in [1.165, 1.54) is 38.8 Å². The lowest BCUT2D eigenvalue weighted by Crippen LogP contribution is -2.41. The van der Waals surface area contributed by atoms with Crippen molar-refractivity contribution in [2.75, 3.05) is 18.4 Å². The summed E-state index contributed by atoms with van der Waals surface area (Å²) in [7, 11) is 0. The minimum absolute atomic E-state index is 0.563. The summed E-state index contributed by atoms with van der Waals surface area (Å²) in [5.41, 5.74) is 1.10. The van der Waals surface area contributed by atoms with E-state index in [0.717, 1.165) is 11.7 Å². The van der Waals surface area contributed by atoms with Crippen LogP contribution >= 0.6 is 11.6 Å². The van der Waals surface area contributed by atoms with Crippen molar-refractivity contribution in [2.45, 2.75) is 37.8 Å². The summed E-state index contributed by atoms with van der Waals surface area (Å²) in [6.45, 7) is 2.51. The molecule has 0 bridgehead atoms. The van der Waals surface area contributed by atoms with Crippen LogP contribution in [0.15, 0.2) is 18.3 Å². The van der Waals surface area contributed by atoms with Gasteiger partial charge in [0.1, 0.15) is 5.15 Å². The zero-order valence-corrected chi connectivity index (χ0v) is 10.7. The number of piperidine rings is 1. The first-order chi connectivity index (χ1) is 8.33. The SMILES string of the molecule is Clc1cc(NC2CCN3CCCCC23)ccn1. The van der Waals surface area contributed by atoms with Gasteiger partial charge in [-0.15, -0.1) is 0 Å². The molecule has 92 valence electrons. The summed E-state index contributed by atoms with van der Waals surface area (Å²) in [5, 5.41) is 4.18. The Morgan fingerprint density at radius 1 is 1.29 bits per heavy atom. The van der Waals surface area contributed by atoms with Crippen LogP contribution in [0.25, 0.3) is 0 Å². The molecule has 2 fully saturated rings. The predicted molar refractivity (Wildman–Crippen MR) is 70.5 cm³/mol. The van der Waals surface area contributed by atoms with Crippen LogP contribution in [0, 0.1) is 0 Å². The van der Waals surface area contributed by atoms with Gasteiger partial charge in [-0.1, -0.05) is 18.0 Å². The lowest BCUT2D eigenvalue weighted by molar-refractivity contribution is 0.193. The topological polar surface area (TPSA) is 28.2 Å². The van der Waals surface area contributed by atoms with Gasteiger partial charge in [0.05, 0.1) is 0 Å². The van der Waals surface area contributed by atoms with Crippen molar-refractivity contribution in [3.63, 3.8) is 0 Å². The normalized spacial score (nSPS) is 29.0. The number of pyridine rings is 1. The Labute approximate surface area is 107 Å². The van der Waals surface area contributed by atoms with E-state index >= 15 is 0 Å². The fourth-order valence-corrected chi connectivity index (χ4v) is 3.30. The van der Waals surface area contributed by atoms with Crippen LogP contribution in [0.2, 0.25) is 5.15 Å². The summed E-state index contributed by atoms with van der Waals surface area (Å²) in [4.78, 5) is 6.64. The van der Waals surface area contributed by atoms with Gasteiger partial charge in [0.15, 0.2) is 0 Å². The Balaban J connectivity index is 1.69. The molecule has 0 radical (unpaired) electrons. The zero-order valence-electron chi connectivity index (χ0n) is 9.90. The highest BCUT2D eigenvalue weighted by Crippen LogP contribution is 2.29. The Hall–Kier alpha value is -0.800. The molecule has 0 aliphatic carbocycles. The zero-order chi connectivity index (χ0) is 11.7. The fraction of sp³-hybridized carbons (Fsp3) is 0.615. The minimum Gasteiger partial charge on any atom is -0.381 e. The number of aromatic nitrogens is 1. The molecule has 1 N–H and O–H groups in total. The summed E-state index contributed by atoms with van der Waals surface area (Å²) in [6.07, 6.45) is 7.07. The number of halogens is 1. The first-order valence-corrected chi connectivity index (χ1v) is 6.83. The number of rotatable bonds is 2. The van der Waals surface area contributed by atoms with Gasteiger partial charge in [-0.2, -0.15) is 0 Å². The van der Waals surface area contributed by atoms with E-state index in [1.54, 1.807) is 6.20 Å². The van der Waals surface area contributed by atoms with Crippen molar-refractivity contribution in [3.05, 3.63) is 23.5 Å². The van der Waals surface area contributed by atoms with Crippen LogP contribution in [-0.4, -0.2) is 35.1 Å². The van der Waals surface area contributed by atoms with Gasteiger partial charge >= 0.3 is 0 Å². The van der Waals surface area contributed by atoms with Crippen LogP contribution in [0.5, 0.6) is 0 Å². The van der Waals surface area contributed by atoms with Crippen LogP contribution in [0.1, 0.15) is 25.7 Å². The van der Waals surface area contributed by atoms with Gasteiger partial charge < -0.3 is 5.32 Å². The maximum atomic E-state index is 5.91. The molecule has 0 saturated carbocycles. The highest BCUT2D eigenvalue weighted by Gasteiger charge is 2.35. The third kappa shape index (κ3) is 2.40. The van der Waals surface area contributed by atoms with Crippen molar-refractivity contribution in [2.24, 2.45) is 0 Å². The first kappa shape index (κ1) is 11.3. The van der Waals surface area contributed by atoms with Crippen molar-refractivity contribution in [1.29, 1.82) is 0 Å². The van der Waals surface area contributed by atoms with E-state index in [4.69, 9.17) is 11.6 Å². The first-order valence-electron chi connectivity index (χ1n) is 6.45. The molecule has 0 amide bonds. The molecule has 3 rings (SSSR count). The molecule has 4 heteroatoms. The average Bonchev–Trinajstić information content (AvgIpc) is 2.73. The molecule has 0 aromatic carbocycles. The van der Waals surface area contributed by atoms with Crippen molar-refractivity contribution in [1.82, 2.24) is 9.88 Å². The molecule has 2 atom stereocenters. The van der Waals surface area contributed by atoms with E-state index in [0.29, 0.717) is 11.2 Å². The maximum Gasteiger partial charge on any atom is 0.131 e. The second kappa shape index (κ2) is 4.83. The Bertz CT molecular complexity index is 396. The van der Waals surface area contributed by atoms with E-state index in [1.807, 2.05) is 12.1 Å². The van der Waals surface area contributed by atoms with Crippen molar-refractivity contribution >= 4 is 17.3 Å². The Kier molecular flexibility index (Phi) is 3.21. The van der Waals surface area contributed by atoms with E-state index < -0.39 is 0 Å². The lowest BCUT2D eigenvalue weighted by atomic mass is 9.99. The summed E-state index contributed by atoms with van der Waals surface area (Å²) in [5.74, 6) is 0. The van der Waals surface area contributed by atoms with E-state index in [2.05, 4.69) is 15.2 Å². The van der Waals surface area contributed by atoms with Crippen molar-refractivity contribution < 1.29 is 0 Å².